The molecule has 0 saturated carbocycles. The fourth-order valence-corrected chi connectivity index (χ4v) is 4.35. The van der Waals surface area contributed by atoms with Gasteiger partial charge in [-0.25, -0.2) is 4.79 Å². The molecule has 37 heavy (non-hydrogen) atoms. The van der Waals surface area contributed by atoms with Crippen LogP contribution in [-0.2, 0) is 6.61 Å². The lowest BCUT2D eigenvalue weighted by molar-refractivity contribution is 0.102. The number of carbonyl (C=O) groups is 2. The average Bonchev–Trinajstić information content (AvgIpc) is 2.96. The van der Waals surface area contributed by atoms with Crippen molar-refractivity contribution in [1.29, 1.82) is 0 Å². The Balaban J connectivity index is 1.56. The fourth-order valence-electron chi connectivity index (χ4n) is 4.35. The molecule has 1 aliphatic rings. The highest BCUT2D eigenvalue weighted by Gasteiger charge is 2.34. The van der Waals surface area contributed by atoms with Crippen LogP contribution in [0.4, 0.5) is 4.79 Å². The van der Waals surface area contributed by atoms with Crippen molar-refractivity contribution in [3.8, 4) is 11.5 Å². The third kappa shape index (κ3) is 5.23. The molecular weight excluding hydrogens is 464 g/mol. The van der Waals surface area contributed by atoms with Gasteiger partial charge in [-0.15, -0.1) is 0 Å². The molecule has 6 heteroatoms. The Morgan fingerprint density at radius 3 is 2.14 bits per heavy atom. The van der Waals surface area contributed by atoms with Crippen molar-refractivity contribution in [2.75, 3.05) is 7.11 Å². The van der Waals surface area contributed by atoms with Crippen molar-refractivity contribution in [1.82, 2.24) is 10.6 Å². The SMILES string of the molecule is COc1cc([C@H]2NC(=O)NC(c3ccccc3)=C2C(=O)c2ccccc2)ccc1OCc1ccccc1. The number of methoxy groups -OCH3 is 1. The van der Waals surface area contributed by atoms with Gasteiger partial charge in [0.25, 0.3) is 0 Å². The van der Waals surface area contributed by atoms with Crippen LogP contribution < -0.4 is 20.1 Å². The summed E-state index contributed by atoms with van der Waals surface area (Å²) in [6.07, 6.45) is 0. The minimum Gasteiger partial charge on any atom is -0.493 e. The van der Waals surface area contributed by atoms with Gasteiger partial charge in [-0.3, -0.25) is 4.79 Å². The number of carbonyl (C=O) groups excluding carboxylic acids is 2. The topological polar surface area (TPSA) is 76.7 Å². The Labute approximate surface area is 215 Å². The maximum Gasteiger partial charge on any atom is 0.320 e. The van der Waals surface area contributed by atoms with E-state index in [0.29, 0.717) is 40.5 Å². The van der Waals surface area contributed by atoms with E-state index in [0.717, 1.165) is 11.1 Å². The van der Waals surface area contributed by atoms with E-state index in [1.807, 2.05) is 84.9 Å². The highest BCUT2D eigenvalue weighted by atomic mass is 16.5. The molecule has 5 rings (SSSR count). The molecule has 0 saturated heterocycles. The van der Waals surface area contributed by atoms with E-state index in [4.69, 9.17) is 9.47 Å². The number of hydrogen-bond acceptors (Lipinski definition) is 4. The number of urea groups is 1. The van der Waals surface area contributed by atoms with Crippen LogP contribution in [0.25, 0.3) is 5.70 Å². The summed E-state index contributed by atoms with van der Waals surface area (Å²) in [5.74, 6) is 0.896. The quantitative estimate of drug-likeness (QED) is 0.301. The Kier molecular flexibility index (Phi) is 6.99. The number of ketones is 1. The van der Waals surface area contributed by atoms with E-state index in [1.54, 1.807) is 31.4 Å². The van der Waals surface area contributed by atoms with Crippen molar-refractivity contribution < 1.29 is 19.1 Å². The van der Waals surface area contributed by atoms with E-state index in [1.165, 1.54) is 0 Å². The largest absolute Gasteiger partial charge is 0.493 e. The molecule has 184 valence electrons. The van der Waals surface area contributed by atoms with Gasteiger partial charge in [0.2, 0.25) is 0 Å². The number of Topliss-reactive ketones (excluding diaryl/α,β-unsaturated/α-hetero) is 1. The summed E-state index contributed by atoms with van der Waals surface area (Å²) in [5, 5.41) is 5.80. The monoisotopic (exact) mass is 490 g/mol. The summed E-state index contributed by atoms with van der Waals surface area (Å²) in [5.41, 5.74) is 3.93. The zero-order chi connectivity index (χ0) is 25.6. The molecule has 1 atom stereocenters. The van der Waals surface area contributed by atoms with E-state index in [2.05, 4.69) is 10.6 Å². The van der Waals surface area contributed by atoms with Gasteiger partial charge in [0.15, 0.2) is 17.3 Å². The molecule has 0 unspecified atom stereocenters. The van der Waals surface area contributed by atoms with E-state index < -0.39 is 12.1 Å². The molecule has 4 aromatic carbocycles. The molecule has 0 fully saturated rings. The summed E-state index contributed by atoms with van der Waals surface area (Å²) in [6, 6.07) is 32.6. The minimum atomic E-state index is -0.700. The summed E-state index contributed by atoms with van der Waals surface area (Å²) in [6.45, 7) is 0.385. The molecule has 4 aromatic rings. The first-order valence-corrected chi connectivity index (χ1v) is 12.0. The smallest absolute Gasteiger partial charge is 0.320 e. The van der Waals surface area contributed by atoms with Crippen molar-refractivity contribution in [3.05, 3.63) is 137 Å². The van der Waals surface area contributed by atoms with Crippen LogP contribution in [0.5, 0.6) is 11.5 Å². The zero-order valence-corrected chi connectivity index (χ0v) is 20.3. The van der Waals surface area contributed by atoms with Crippen LogP contribution >= 0.6 is 0 Å². The zero-order valence-electron chi connectivity index (χ0n) is 20.3. The lowest BCUT2D eigenvalue weighted by Crippen LogP contribution is -2.45. The summed E-state index contributed by atoms with van der Waals surface area (Å²) in [4.78, 5) is 26.6. The molecule has 0 radical (unpaired) electrons. The maximum absolute atomic E-state index is 13.8. The van der Waals surface area contributed by atoms with Crippen LogP contribution in [0.15, 0.2) is 115 Å². The second kappa shape index (κ2) is 10.8. The van der Waals surface area contributed by atoms with Crippen LogP contribution in [0.2, 0.25) is 0 Å². The second-order valence-electron chi connectivity index (χ2n) is 8.57. The molecule has 2 N–H and O–H groups in total. The molecular formula is C31H26N2O4. The molecule has 0 spiro atoms. The minimum absolute atomic E-state index is 0.180. The third-order valence-corrected chi connectivity index (χ3v) is 6.17. The first-order valence-electron chi connectivity index (χ1n) is 12.0. The van der Waals surface area contributed by atoms with E-state index >= 15 is 0 Å². The Hall–Kier alpha value is -4.84. The van der Waals surface area contributed by atoms with Gasteiger partial charge in [-0.2, -0.15) is 0 Å². The van der Waals surface area contributed by atoms with Crippen molar-refractivity contribution >= 4 is 17.5 Å². The lowest BCUT2D eigenvalue weighted by Gasteiger charge is -2.30. The molecule has 1 aliphatic heterocycles. The molecule has 0 bridgehead atoms. The molecule has 1 heterocycles. The summed E-state index contributed by atoms with van der Waals surface area (Å²) in [7, 11) is 1.57. The van der Waals surface area contributed by atoms with Crippen LogP contribution in [0.3, 0.4) is 0 Å². The van der Waals surface area contributed by atoms with Crippen molar-refractivity contribution in [3.63, 3.8) is 0 Å². The fraction of sp³-hybridized carbons (Fsp3) is 0.0968. The van der Waals surface area contributed by atoms with E-state index in [-0.39, 0.29) is 5.78 Å². The number of rotatable bonds is 8. The number of amides is 2. The van der Waals surface area contributed by atoms with Gasteiger partial charge >= 0.3 is 6.03 Å². The molecule has 6 nitrogen and oxygen atoms in total. The van der Waals surface area contributed by atoms with Gasteiger partial charge in [0.1, 0.15) is 6.61 Å². The summed E-state index contributed by atoms with van der Waals surface area (Å²) < 4.78 is 11.6. The number of benzene rings is 4. The average molecular weight is 491 g/mol. The van der Waals surface area contributed by atoms with Crippen LogP contribution in [-0.4, -0.2) is 18.9 Å². The molecule has 0 aromatic heterocycles. The Morgan fingerprint density at radius 1 is 0.811 bits per heavy atom. The van der Waals surface area contributed by atoms with Crippen LogP contribution in [0.1, 0.15) is 33.1 Å². The van der Waals surface area contributed by atoms with Gasteiger partial charge in [0.05, 0.1) is 24.4 Å². The first-order chi connectivity index (χ1) is 18.1. The normalized spacial score (nSPS) is 14.9. The van der Waals surface area contributed by atoms with Gasteiger partial charge in [-0.1, -0.05) is 97.1 Å². The predicted molar refractivity (Wildman–Crippen MR) is 142 cm³/mol. The standard InChI is InChI=1S/C31H26N2O4/c1-36-26-19-24(17-18-25(26)37-20-21-11-5-2-6-12-21)29-27(30(34)23-15-9-4-10-16-23)28(32-31(35)33-29)22-13-7-3-8-14-22/h2-19,29H,20H2,1H3,(H2,32,33,35)/t29-/m1/s1. The summed E-state index contributed by atoms with van der Waals surface area (Å²) >= 11 is 0. The molecule has 0 aliphatic carbocycles. The lowest BCUT2D eigenvalue weighted by atomic mass is 9.87. The second-order valence-corrected chi connectivity index (χ2v) is 8.57. The van der Waals surface area contributed by atoms with Crippen molar-refractivity contribution in [2.45, 2.75) is 12.6 Å². The highest BCUT2D eigenvalue weighted by Crippen LogP contribution is 2.37. The maximum atomic E-state index is 13.8. The number of nitrogens with one attached hydrogen (secondary N) is 2. The first kappa shape index (κ1) is 23.9. The number of ether oxygens (including phenoxy) is 2. The van der Waals surface area contributed by atoms with E-state index in [9.17, 15) is 9.59 Å². The van der Waals surface area contributed by atoms with Crippen LogP contribution in [0, 0.1) is 0 Å². The van der Waals surface area contributed by atoms with Crippen molar-refractivity contribution in [2.24, 2.45) is 0 Å². The Morgan fingerprint density at radius 2 is 1.46 bits per heavy atom. The highest BCUT2D eigenvalue weighted by molar-refractivity contribution is 6.16. The number of hydrogen-bond donors (Lipinski definition) is 2. The van der Waals surface area contributed by atoms with Gasteiger partial charge in [0, 0.05) is 5.56 Å². The Bertz CT molecular complexity index is 1430. The molecule has 2 amide bonds. The van der Waals surface area contributed by atoms with Gasteiger partial charge < -0.3 is 20.1 Å². The predicted octanol–water partition coefficient (Wildman–Crippen LogP) is 5.92. The van der Waals surface area contributed by atoms with Gasteiger partial charge in [-0.05, 0) is 28.8 Å². The third-order valence-electron chi connectivity index (χ3n) is 6.17.